The molecule has 0 radical (unpaired) electrons. The zero-order valence-corrected chi connectivity index (χ0v) is 24.6. The van der Waals surface area contributed by atoms with E-state index in [0.29, 0.717) is 33.4 Å². The molecule has 2 unspecified atom stereocenters. The molecule has 1 saturated heterocycles. The summed E-state index contributed by atoms with van der Waals surface area (Å²) < 4.78 is 1.78. The Morgan fingerprint density at radius 2 is 1.66 bits per heavy atom. The third-order valence-electron chi connectivity index (χ3n) is 6.30. The van der Waals surface area contributed by atoms with Gasteiger partial charge in [0.05, 0.1) is 32.5 Å². The lowest BCUT2D eigenvalue weighted by atomic mass is 10.1. The Bertz CT molecular complexity index is 1810. The number of thiazole rings is 1. The van der Waals surface area contributed by atoms with Crippen molar-refractivity contribution in [2.45, 2.75) is 17.5 Å². The Balaban J connectivity index is 1.36. The van der Waals surface area contributed by atoms with Crippen molar-refractivity contribution >= 4 is 83.0 Å². The summed E-state index contributed by atoms with van der Waals surface area (Å²) >= 11 is 6.27. The molecule has 9 nitrogen and oxygen atoms in total. The average Bonchev–Trinajstić information content (AvgIpc) is 3.52. The summed E-state index contributed by atoms with van der Waals surface area (Å²) in [7, 11) is 0. The minimum atomic E-state index is -0.616. The van der Waals surface area contributed by atoms with E-state index in [1.165, 1.54) is 46.2 Å². The van der Waals surface area contributed by atoms with Crippen LogP contribution in [0.3, 0.4) is 0 Å². The number of hydrogen-bond donors (Lipinski definition) is 2. The van der Waals surface area contributed by atoms with E-state index < -0.39 is 10.6 Å². The smallest absolute Gasteiger partial charge is 0.241 e. The fraction of sp³-hybridized carbons (Fsp3) is 0.103. The predicted molar refractivity (Wildman–Crippen MR) is 166 cm³/mol. The molecule has 204 valence electrons. The Morgan fingerprint density at radius 3 is 2.49 bits per heavy atom. The van der Waals surface area contributed by atoms with Crippen molar-refractivity contribution in [3.05, 3.63) is 95.0 Å². The number of amides is 1. The molecule has 1 aliphatic rings. The first-order chi connectivity index (χ1) is 19.9. The van der Waals surface area contributed by atoms with E-state index in [1.807, 2.05) is 48.5 Å². The van der Waals surface area contributed by atoms with Gasteiger partial charge in [0.2, 0.25) is 11.0 Å². The second-order valence-corrected chi connectivity index (χ2v) is 12.4. The van der Waals surface area contributed by atoms with E-state index in [2.05, 4.69) is 41.4 Å². The van der Waals surface area contributed by atoms with Crippen molar-refractivity contribution in [2.75, 3.05) is 4.90 Å². The summed E-state index contributed by atoms with van der Waals surface area (Å²) in [6.07, 6.45) is 0. The highest BCUT2D eigenvalue weighted by molar-refractivity contribution is 9.10. The van der Waals surface area contributed by atoms with E-state index >= 15 is 0 Å². The number of phenolic OH excluding ortho intramolecular Hbond substituents is 2. The van der Waals surface area contributed by atoms with Crippen LogP contribution in [0.1, 0.15) is 17.9 Å². The normalized spacial score (nSPS) is 17.4. The molecule has 4 aromatic carbocycles. The molecule has 1 amide bonds. The zero-order chi connectivity index (χ0) is 28.5. The maximum atomic E-state index is 13.5. The van der Waals surface area contributed by atoms with Crippen LogP contribution in [0.4, 0.5) is 27.9 Å². The van der Waals surface area contributed by atoms with Crippen LogP contribution in [0.2, 0.25) is 0 Å². The van der Waals surface area contributed by atoms with Crippen LogP contribution in [0.5, 0.6) is 11.5 Å². The molecule has 1 aromatic heterocycles. The first-order valence-corrected chi connectivity index (χ1v) is 15.0. The van der Waals surface area contributed by atoms with E-state index in [1.54, 1.807) is 25.1 Å². The van der Waals surface area contributed by atoms with Gasteiger partial charge >= 0.3 is 0 Å². The van der Waals surface area contributed by atoms with Crippen molar-refractivity contribution in [3.8, 4) is 11.5 Å². The predicted octanol–water partition coefficient (Wildman–Crippen LogP) is 9.47. The molecule has 2 atom stereocenters. The topological polar surface area (TPSA) is 123 Å². The average molecular weight is 646 g/mol. The molecule has 1 fully saturated rings. The van der Waals surface area contributed by atoms with E-state index in [-0.39, 0.29) is 17.4 Å². The maximum absolute atomic E-state index is 13.5. The number of aromatic hydroxyl groups is 2. The third kappa shape index (κ3) is 5.58. The van der Waals surface area contributed by atoms with Crippen LogP contribution in [0.25, 0.3) is 10.2 Å². The van der Waals surface area contributed by atoms with Crippen molar-refractivity contribution in [1.29, 1.82) is 0 Å². The van der Waals surface area contributed by atoms with Crippen LogP contribution in [-0.4, -0.2) is 26.4 Å². The highest BCUT2D eigenvalue weighted by Gasteiger charge is 2.42. The van der Waals surface area contributed by atoms with Crippen molar-refractivity contribution < 1.29 is 15.0 Å². The zero-order valence-electron chi connectivity index (χ0n) is 21.4. The lowest BCUT2D eigenvalue weighted by molar-refractivity contribution is -0.117. The van der Waals surface area contributed by atoms with Crippen molar-refractivity contribution in [1.82, 2.24) is 4.98 Å². The number of rotatable bonds is 6. The highest BCUT2D eigenvalue weighted by Crippen LogP contribution is 2.51. The number of halogens is 1. The standard InChI is InChI=1S/C29H21BrN6O3S2/c1-16-27(39)36(24-15-18(37)11-12-22(24)34-33-21-7-3-2-6-20(21)30)28(40-16)19-14-17(10-13-25(19)38)32-35-29-31-23-8-4-5-9-26(23)41-29/h2-16,28,37-38H,1H3. The van der Waals surface area contributed by atoms with Crippen molar-refractivity contribution in [2.24, 2.45) is 20.5 Å². The molecular formula is C29H21BrN6O3S2. The van der Waals surface area contributed by atoms with E-state index in [4.69, 9.17) is 0 Å². The van der Waals surface area contributed by atoms with Gasteiger partial charge in [-0.2, -0.15) is 0 Å². The molecule has 5 aromatic rings. The third-order valence-corrected chi connectivity index (χ3v) is 9.22. The van der Waals surface area contributed by atoms with Gasteiger partial charge in [-0.15, -0.1) is 32.2 Å². The van der Waals surface area contributed by atoms with Gasteiger partial charge in [0.25, 0.3) is 0 Å². The van der Waals surface area contributed by atoms with E-state index in [9.17, 15) is 15.0 Å². The number of nitrogens with zero attached hydrogens (tertiary/aromatic N) is 6. The van der Waals surface area contributed by atoms with Gasteiger partial charge in [0.15, 0.2) is 0 Å². The number of azo groups is 2. The lowest BCUT2D eigenvalue weighted by Crippen LogP contribution is -2.30. The number of carbonyl (C=O) groups is 1. The second kappa shape index (κ2) is 11.4. The van der Waals surface area contributed by atoms with Crippen LogP contribution in [0, 0.1) is 0 Å². The fourth-order valence-corrected chi connectivity index (χ4v) is 6.76. The number of para-hydroxylation sites is 1. The molecule has 2 heterocycles. The number of anilines is 1. The first-order valence-electron chi connectivity index (χ1n) is 12.5. The number of phenols is 2. The molecule has 0 spiro atoms. The molecule has 0 saturated carbocycles. The van der Waals surface area contributed by atoms with Crippen LogP contribution >= 0.6 is 39.0 Å². The molecule has 0 aliphatic carbocycles. The van der Waals surface area contributed by atoms with Gasteiger partial charge in [-0.1, -0.05) is 35.6 Å². The van der Waals surface area contributed by atoms with Gasteiger partial charge in [-0.25, -0.2) is 4.98 Å². The molecule has 6 rings (SSSR count). The van der Waals surface area contributed by atoms with Gasteiger partial charge < -0.3 is 10.2 Å². The Hall–Kier alpha value is -4.13. The quantitative estimate of drug-likeness (QED) is 0.178. The molecule has 2 N–H and O–H groups in total. The molecule has 41 heavy (non-hydrogen) atoms. The van der Waals surface area contributed by atoms with Gasteiger partial charge in [-0.05, 0) is 77.5 Å². The number of fused-ring (bicyclic) bond motifs is 1. The summed E-state index contributed by atoms with van der Waals surface area (Å²) in [4.78, 5) is 19.5. The molecule has 0 bridgehead atoms. The van der Waals surface area contributed by atoms with Gasteiger partial charge in [0, 0.05) is 16.1 Å². The SMILES string of the molecule is CC1SC(c2cc(N=Nc3nc4ccccc4s3)ccc2O)N(c2cc(O)ccc2N=Nc2ccccc2Br)C1=O. The molecular weight excluding hydrogens is 624 g/mol. The summed E-state index contributed by atoms with van der Waals surface area (Å²) in [6.45, 7) is 1.80. The minimum absolute atomic E-state index is 0.00452. The van der Waals surface area contributed by atoms with Crippen molar-refractivity contribution in [3.63, 3.8) is 0 Å². The Morgan fingerprint density at radius 1 is 0.878 bits per heavy atom. The number of carbonyl (C=O) groups excluding carboxylic acids is 1. The summed E-state index contributed by atoms with van der Waals surface area (Å²) in [5.74, 6) is -0.215. The number of aromatic nitrogens is 1. The Kier molecular flexibility index (Phi) is 7.52. The van der Waals surface area contributed by atoms with Crippen LogP contribution in [0.15, 0.2) is 110 Å². The highest BCUT2D eigenvalue weighted by atomic mass is 79.9. The first kappa shape index (κ1) is 27.1. The summed E-state index contributed by atoms with van der Waals surface area (Å²) in [5, 5.41) is 38.2. The summed E-state index contributed by atoms with van der Waals surface area (Å²) in [6, 6.07) is 24.6. The lowest BCUT2D eigenvalue weighted by Gasteiger charge is -2.26. The monoisotopic (exact) mass is 644 g/mol. The summed E-state index contributed by atoms with van der Waals surface area (Å²) in [5.41, 5.74) is 3.19. The van der Waals surface area contributed by atoms with E-state index in [0.717, 1.165) is 14.7 Å². The number of benzene rings is 4. The largest absolute Gasteiger partial charge is 0.508 e. The van der Waals surface area contributed by atoms with Crippen LogP contribution in [-0.2, 0) is 4.79 Å². The molecule has 1 aliphatic heterocycles. The minimum Gasteiger partial charge on any atom is -0.508 e. The molecule has 12 heteroatoms. The number of hydrogen-bond acceptors (Lipinski definition) is 10. The van der Waals surface area contributed by atoms with Crippen LogP contribution < -0.4 is 4.90 Å². The number of thioether (sulfide) groups is 1. The van der Waals surface area contributed by atoms with Gasteiger partial charge in [-0.3, -0.25) is 9.69 Å². The maximum Gasteiger partial charge on any atom is 0.241 e. The van der Waals surface area contributed by atoms with Gasteiger partial charge in [0.1, 0.15) is 22.6 Å². The second-order valence-electron chi connectivity index (χ2n) is 9.07. The fourth-order valence-electron chi connectivity index (χ4n) is 4.32. The Labute approximate surface area is 251 Å².